The molecule has 0 saturated heterocycles. The van der Waals surface area contributed by atoms with Crippen LogP contribution in [-0.4, -0.2) is 77.0 Å². The molecule has 15 nitrogen and oxygen atoms in total. The van der Waals surface area contributed by atoms with Gasteiger partial charge in [0.1, 0.15) is 24.4 Å². The lowest BCUT2D eigenvalue weighted by molar-refractivity contribution is -0.138. The average molecular weight is 509 g/mol. The summed E-state index contributed by atoms with van der Waals surface area (Å²) in [5, 5.41) is 25.1. The summed E-state index contributed by atoms with van der Waals surface area (Å²) >= 11 is 0. The Morgan fingerprint density at radius 2 is 1.53 bits per heavy atom. The van der Waals surface area contributed by atoms with E-state index >= 15 is 0 Å². The number of amides is 4. The topological polar surface area (TPSA) is 278 Å². The van der Waals surface area contributed by atoms with Crippen molar-refractivity contribution in [3.8, 4) is 5.75 Å². The van der Waals surface area contributed by atoms with Gasteiger partial charge in [0.25, 0.3) is 0 Å². The van der Waals surface area contributed by atoms with Crippen molar-refractivity contribution in [3.05, 3.63) is 29.8 Å². The van der Waals surface area contributed by atoms with Crippen LogP contribution < -0.4 is 38.9 Å². The van der Waals surface area contributed by atoms with Crippen LogP contribution in [0.5, 0.6) is 5.75 Å². The van der Waals surface area contributed by atoms with Crippen LogP contribution in [0.25, 0.3) is 0 Å². The maximum absolute atomic E-state index is 13.0. The highest BCUT2D eigenvalue weighted by molar-refractivity contribution is 5.95. The number of nitrogens with zero attached hydrogens (tertiary/aromatic N) is 1. The molecule has 3 atom stereocenters. The van der Waals surface area contributed by atoms with Gasteiger partial charge in [-0.05, 0) is 30.5 Å². The molecule has 0 aliphatic carbocycles. The summed E-state index contributed by atoms with van der Waals surface area (Å²) in [6, 6.07) is 2.09. The summed E-state index contributed by atoms with van der Waals surface area (Å²) in [6.45, 7) is -0.493. The van der Waals surface area contributed by atoms with Crippen LogP contribution in [0, 0.1) is 0 Å². The molecule has 15 heteroatoms. The van der Waals surface area contributed by atoms with Gasteiger partial charge >= 0.3 is 5.97 Å². The number of nitrogens with two attached hydrogens (primary N) is 4. The van der Waals surface area contributed by atoms with Crippen molar-refractivity contribution in [1.82, 2.24) is 16.0 Å². The maximum Gasteiger partial charge on any atom is 0.322 e. The normalized spacial score (nSPS) is 12.9. The second-order valence-corrected chi connectivity index (χ2v) is 7.83. The molecule has 0 heterocycles. The van der Waals surface area contributed by atoms with Crippen molar-refractivity contribution in [3.63, 3.8) is 0 Å². The fourth-order valence-electron chi connectivity index (χ4n) is 2.97. The van der Waals surface area contributed by atoms with E-state index in [1.54, 1.807) is 0 Å². The summed E-state index contributed by atoms with van der Waals surface area (Å²) in [5.74, 6) is -4.83. The van der Waals surface area contributed by atoms with E-state index in [9.17, 15) is 29.1 Å². The van der Waals surface area contributed by atoms with E-state index in [4.69, 9.17) is 28.0 Å². The summed E-state index contributed by atoms with van der Waals surface area (Å²) in [4.78, 5) is 63.9. The van der Waals surface area contributed by atoms with Crippen molar-refractivity contribution in [2.45, 2.75) is 43.8 Å². The van der Waals surface area contributed by atoms with Crippen LogP contribution in [0.2, 0.25) is 0 Å². The molecule has 0 spiro atoms. The number of carboxylic acids is 1. The number of aromatic hydroxyl groups is 1. The number of nitrogens with one attached hydrogen (secondary N) is 3. The number of carbonyl (C=O) groups excluding carboxylic acids is 4. The van der Waals surface area contributed by atoms with E-state index in [0.717, 1.165) is 0 Å². The SMILES string of the molecule is NC(=O)CC(NC(=O)C(Cc1ccc(O)cc1)NC(=O)C(N)CCCN=C(N)N)C(=O)NCC(=O)O. The Labute approximate surface area is 206 Å². The molecule has 1 aromatic rings. The van der Waals surface area contributed by atoms with Crippen LogP contribution in [0.3, 0.4) is 0 Å². The molecule has 0 aliphatic heterocycles. The van der Waals surface area contributed by atoms with Crippen molar-refractivity contribution in [1.29, 1.82) is 0 Å². The molecule has 3 unspecified atom stereocenters. The molecular weight excluding hydrogens is 476 g/mol. The van der Waals surface area contributed by atoms with Crippen LogP contribution >= 0.6 is 0 Å². The van der Waals surface area contributed by atoms with E-state index < -0.39 is 60.7 Å². The van der Waals surface area contributed by atoms with Crippen molar-refractivity contribution in [2.75, 3.05) is 13.1 Å². The molecule has 0 bridgehead atoms. The zero-order chi connectivity index (χ0) is 27.3. The number of rotatable bonds is 15. The molecular formula is C21H32N8O7. The third-order valence-electron chi connectivity index (χ3n) is 4.77. The van der Waals surface area contributed by atoms with Crippen LogP contribution in [0.1, 0.15) is 24.8 Å². The maximum atomic E-state index is 13.0. The van der Waals surface area contributed by atoms with Gasteiger partial charge in [0.05, 0.1) is 12.5 Å². The second kappa shape index (κ2) is 14.8. The number of carboxylic acid groups (broad SMARTS) is 1. The highest BCUT2D eigenvalue weighted by Gasteiger charge is 2.29. The fourth-order valence-corrected chi connectivity index (χ4v) is 2.97. The molecule has 36 heavy (non-hydrogen) atoms. The van der Waals surface area contributed by atoms with Gasteiger partial charge < -0.3 is 49.1 Å². The first kappa shape index (κ1) is 29.6. The summed E-state index contributed by atoms with van der Waals surface area (Å²) in [6.07, 6.45) is -0.0657. The van der Waals surface area contributed by atoms with Gasteiger partial charge in [-0.2, -0.15) is 0 Å². The Morgan fingerprint density at radius 3 is 2.08 bits per heavy atom. The Bertz CT molecular complexity index is 964. The molecule has 13 N–H and O–H groups in total. The minimum atomic E-state index is -1.48. The molecule has 1 aromatic carbocycles. The molecule has 0 saturated carbocycles. The Kier molecular flexibility index (Phi) is 12.2. The van der Waals surface area contributed by atoms with Crippen molar-refractivity contribution >= 4 is 35.6 Å². The molecule has 0 fully saturated rings. The smallest absolute Gasteiger partial charge is 0.322 e. The van der Waals surface area contributed by atoms with Gasteiger partial charge in [0.2, 0.25) is 23.6 Å². The number of aliphatic carboxylic acids is 1. The Hall–Kier alpha value is -4.40. The van der Waals surface area contributed by atoms with Crippen molar-refractivity contribution < 1.29 is 34.2 Å². The molecule has 4 amide bonds. The van der Waals surface area contributed by atoms with E-state index in [1.165, 1.54) is 24.3 Å². The van der Waals surface area contributed by atoms with Gasteiger partial charge in [-0.25, -0.2) is 0 Å². The van der Waals surface area contributed by atoms with Crippen LogP contribution in [-0.2, 0) is 30.4 Å². The predicted molar refractivity (Wildman–Crippen MR) is 128 cm³/mol. The molecule has 0 aromatic heterocycles. The number of primary amides is 1. The third-order valence-corrected chi connectivity index (χ3v) is 4.77. The lowest BCUT2D eigenvalue weighted by atomic mass is 10.0. The third kappa shape index (κ3) is 11.6. The zero-order valence-electron chi connectivity index (χ0n) is 19.5. The van der Waals surface area contributed by atoms with Gasteiger partial charge in [0, 0.05) is 13.0 Å². The average Bonchev–Trinajstić information content (AvgIpc) is 2.79. The van der Waals surface area contributed by atoms with Crippen LogP contribution in [0.15, 0.2) is 29.3 Å². The Balaban J connectivity index is 3.00. The monoisotopic (exact) mass is 508 g/mol. The van der Waals surface area contributed by atoms with Gasteiger partial charge in [0.15, 0.2) is 5.96 Å². The quantitative estimate of drug-likeness (QED) is 0.0636. The number of carbonyl (C=O) groups is 5. The van der Waals surface area contributed by atoms with Gasteiger partial charge in [-0.3, -0.25) is 29.0 Å². The number of phenolic OH excluding ortho intramolecular Hbond substituents is 1. The number of phenols is 1. The predicted octanol–water partition coefficient (Wildman–Crippen LogP) is -3.64. The summed E-state index contributed by atoms with van der Waals surface area (Å²) in [7, 11) is 0. The molecule has 0 aliphatic rings. The first-order valence-electron chi connectivity index (χ1n) is 10.9. The summed E-state index contributed by atoms with van der Waals surface area (Å²) in [5.41, 5.74) is 22.1. The van der Waals surface area contributed by atoms with Crippen molar-refractivity contribution in [2.24, 2.45) is 27.9 Å². The second-order valence-electron chi connectivity index (χ2n) is 7.83. The van der Waals surface area contributed by atoms with E-state index in [1.807, 2.05) is 0 Å². The van der Waals surface area contributed by atoms with Gasteiger partial charge in [-0.15, -0.1) is 0 Å². The standard InChI is InChI=1S/C21H32N8O7/c22-13(2-1-7-26-21(24)25)18(34)28-14(8-11-3-5-12(30)6-4-11)20(36)29-15(9-16(23)31)19(35)27-10-17(32)33/h3-6,13-15,30H,1-2,7-10,22H2,(H2,23,31)(H,27,35)(H,28,34)(H,29,36)(H,32,33)(H4,24,25,26). The van der Waals surface area contributed by atoms with E-state index in [-0.39, 0.29) is 31.1 Å². The van der Waals surface area contributed by atoms with Gasteiger partial charge in [-0.1, -0.05) is 12.1 Å². The minimum Gasteiger partial charge on any atom is -0.508 e. The van der Waals surface area contributed by atoms with Crippen LogP contribution in [0.4, 0.5) is 0 Å². The molecule has 0 radical (unpaired) electrons. The Morgan fingerprint density at radius 1 is 0.917 bits per heavy atom. The molecule has 1 rings (SSSR count). The first-order valence-corrected chi connectivity index (χ1v) is 10.9. The largest absolute Gasteiger partial charge is 0.508 e. The number of guanidine groups is 1. The lowest BCUT2D eigenvalue weighted by Gasteiger charge is -2.24. The number of hydrogen-bond donors (Lipinski definition) is 9. The number of benzene rings is 1. The highest BCUT2D eigenvalue weighted by atomic mass is 16.4. The van der Waals surface area contributed by atoms with E-state index in [2.05, 4.69) is 20.9 Å². The number of hydrogen-bond acceptors (Lipinski definition) is 8. The number of aliphatic imine (C=N–C) groups is 1. The fraction of sp³-hybridized carbons (Fsp3) is 0.429. The minimum absolute atomic E-state index is 0.0109. The first-order chi connectivity index (χ1) is 16.9. The summed E-state index contributed by atoms with van der Waals surface area (Å²) < 4.78 is 0. The van der Waals surface area contributed by atoms with E-state index in [0.29, 0.717) is 12.0 Å². The zero-order valence-corrected chi connectivity index (χ0v) is 19.5. The molecule has 198 valence electrons. The lowest BCUT2D eigenvalue weighted by Crippen LogP contribution is -2.57. The highest BCUT2D eigenvalue weighted by Crippen LogP contribution is 2.12.